The molecule has 0 spiro atoms. The second-order valence-corrected chi connectivity index (χ2v) is 4.24. The van der Waals surface area contributed by atoms with Crippen LogP contribution in [0.3, 0.4) is 0 Å². The lowest BCUT2D eigenvalue weighted by molar-refractivity contribution is -0.391. The monoisotopic (exact) mass is 257 g/mol. The van der Waals surface area contributed by atoms with Crippen LogP contribution >= 0.6 is 0 Å². The van der Waals surface area contributed by atoms with Crippen molar-refractivity contribution in [1.29, 1.82) is 0 Å². The molecule has 0 N–H and O–H groups in total. The number of rotatable bonds is 2. The van der Waals surface area contributed by atoms with Gasteiger partial charge in [0, 0.05) is 7.05 Å². The van der Waals surface area contributed by atoms with Gasteiger partial charge in [-0.05, 0) is 17.1 Å². The predicted molar refractivity (Wildman–Crippen MR) is 69.6 cm³/mol. The third kappa shape index (κ3) is 1.59. The molecule has 0 amide bonds. The SMILES string of the molecule is Cn1c([N+](=O)[O-])cnc1-c1nc2ccccc2n1C. The highest BCUT2D eigenvalue weighted by molar-refractivity contribution is 5.79. The average Bonchev–Trinajstić information content (AvgIpc) is 2.91. The number of aromatic nitrogens is 4. The molecule has 96 valence electrons. The van der Waals surface area contributed by atoms with Gasteiger partial charge < -0.3 is 14.7 Å². The molecule has 0 bridgehead atoms. The van der Waals surface area contributed by atoms with E-state index < -0.39 is 4.92 Å². The van der Waals surface area contributed by atoms with Crippen LogP contribution in [0.25, 0.3) is 22.7 Å². The van der Waals surface area contributed by atoms with Crippen molar-refractivity contribution in [2.45, 2.75) is 0 Å². The summed E-state index contributed by atoms with van der Waals surface area (Å²) in [6, 6.07) is 7.67. The highest BCUT2D eigenvalue weighted by atomic mass is 16.6. The topological polar surface area (TPSA) is 78.8 Å². The Kier molecular flexibility index (Phi) is 2.34. The van der Waals surface area contributed by atoms with Crippen molar-refractivity contribution in [3.8, 4) is 11.6 Å². The molecule has 19 heavy (non-hydrogen) atoms. The lowest BCUT2D eigenvalue weighted by Crippen LogP contribution is -2.02. The predicted octanol–water partition coefficient (Wildman–Crippen LogP) is 1.88. The Hall–Kier alpha value is -2.70. The van der Waals surface area contributed by atoms with Crippen LogP contribution in [0.15, 0.2) is 30.5 Å². The summed E-state index contributed by atoms with van der Waals surface area (Å²) in [5.74, 6) is 1.03. The van der Waals surface area contributed by atoms with E-state index in [0.29, 0.717) is 11.6 Å². The van der Waals surface area contributed by atoms with E-state index >= 15 is 0 Å². The Morgan fingerprint density at radius 3 is 2.53 bits per heavy atom. The lowest BCUT2D eigenvalue weighted by atomic mass is 10.3. The fourth-order valence-corrected chi connectivity index (χ4v) is 2.12. The molecule has 7 nitrogen and oxygen atoms in total. The Morgan fingerprint density at radius 2 is 1.89 bits per heavy atom. The van der Waals surface area contributed by atoms with E-state index in [1.54, 1.807) is 7.05 Å². The van der Waals surface area contributed by atoms with Crippen molar-refractivity contribution in [3.63, 3.8) is 0 Å². The van der Waals surface area contributed by atoms with Gasteiger partial charge in [0.2, 0.25) is 5.82 Å². The van der Waals surface area contributed by atoms with Crippen LogP contribution in [0.4, 0.5) is 5.82 Å². The molecule has 0 aliphatic rings. The molecule has 7 heteroatoms. The van der Waals surface area contributed by atoms with Crippen molar-refractivity contribution in [2.75, 3.05) is 0 Å². The fourth-order valence-electron chi connectivity index (χ4n) is 2.12. The molecule has 1 aromatic carbocycles. The quantitative estimate of drug-likeness (QED) is 0.518. The number of nitro groups is 1. The summed E-state index contributed by atoms with van der Waals surface area (Å²) in [6.07, 6.45) is 1.24. The van der Waals surface area contributed by atoms with Gasteiger partial charge in [-0.25, -0.2) is 14.5 Å². The van der Waals surface area contributed by atoms with Gasteiger partial charge in [0.05, 0.1) is 18.1 Å². The third-order valence-corrected chi connectivity index (χ3v) is 3.14. The molecule has 0 radical (unpaired) electrons. The molecular formula is C12H11N5O2. The first-order valence-electron chi connectivity index (χ1n) is 5.67. The molecule has 2 aromatic heterocycles. The molecule has 0 saturated heterocycles. The molecular weight excluding hydrogens is 246 g/mol. The second kappa shape index (κ2) is 3.91. The van der Waals surface area contributed by atoms with Crippen molar-refractivity contribution in [1.82, 2.24) is 19.1 Å². The van der Waals surface area contributed by atoms with Gasteiger partial charge in [-0.15, -0.1) is 0 Å². The first-order chi connectivity index (χ1) is 9.09. The summed E-state index contributed by atoms with van der Waals surface area (Å²) >= 11 is 0. The molecule has 0 aliphatic heterocycles. The number of hydrogen-bond acceptors (Lipinski definition) is 4. The van der Waals surface area contributed by atoms with Gasteiger partial charge in [-0.2, -0.15) is 0 Å². The minimum atomic E-state index is -0.459. The third-order valence-electron chi connectivity index (χ3n) is 3.14. The summed E-state index contributed by atoms with van der Waals surface area (Å²) in [5.41, 5.74) is 1.80. The van der Waals surface area contributed by atoms with Crippen molar-refractivity contribution in [2.24, 2.45) is 14.1 Å². The zero-order valence-corrected chi connectivity index (χ0v) is 10.4. The van der Waals surface area contributed by atoms with Crippen LogP contribution in [0.5, 0.6) is 0 Å². The zero-order chi connectivity index (χ0) is 13.6. The van der Waals surface area contributed by atoms with Crippen LogP contribution < -0.4 is 0 Å². The Labute approximate surface area is 108 Å². The normalized spacial score (nSPS) is 11.1. The molecule has 2 heterocycles. The molecule has 0 saturated carbocycles. The number of benzene rings is 1. The highest BCUT2D eigenvalue weighted by Crippen LogP contribution is 2.24. The van der Waals surface area contributed by atoms with Gasteiger partial charge in [0.1, 0.15) is 6.20 Å². The minimum Gasteiger partial charge on any atom is -0.358 e. The summed E-state index contributed by atoms with van der Waals surface area (Å²) in [7, 11) is 3.48. The maximum atomic E-state index is 10.8. The summed E-state index contributed by atoms with van der Waals surface area (Å²) < 4.78 is 3.31. The summed E-state index contributed by atoms with van der Waals surface area (Å²) in [4.78, 5) is 19.0. The molecule has 0 unspecified atom stereocenters. The largest absolute Gasteiger partial charge is 0.358 e. The van der Waals surface area contributed by atoms with Gasteiger partial charge in [-0.3, -0.25) is 0 Å². The molecule has 3 rings (SSSR count). The summed E-state index contributed by atoms with van der Waals surface area (Å²) in [6.45, 7) is 0. The van der Waals surface area contributed by atoms with E-state index in [0.717, 1.165) is 11.0 Å². The van der Waals surface area contributed by atoms with E-state index in [2.05, 4.69) is 9.97 Å². The number of nitrogens with zero attached hydrogens (tertiary/aromatic N) is 5. The van der Waals surface area contributed by atoms with E-state index in [9.17, 15) is 10.1 Å². The van der Waals surface area contributed by atoms with E-state index in [4.69, 9.17) is 0 Å². The molecule has 0 aliphatic carbocycles. The minimum absolute atomic E-state index is 0.0537. The summed E-state index contributed by atoms with van der Waals surface area (Å²) in [5, 5.41) is 10.8. The van der Waals surface area contributed by atoms with Gasteiger partial charge >= 0.3 is 5.82 Å². The van der Waals surface area contributed by atoms with E-state index in [-0.39, 0.29) is 5.82 Å². The lowest BCUT2D eigenvalue weighted by Gasteiger charge is -1.99. The number of aryl methyl sites for hydroxylation is 1. The van der Waals surface area contributed by atoms with Gasteiger partial charge in [0.15, 0.2) is 0 Å². The highest BCUT2D eigenvalue weighted by Gasteiger charge is 2.22. The van der Waals surface area contributed by atoms with E-state index in [1.807, 2.05) is 35.9 Å². The second-order valence-electron chi connectivity index (χ2n) is 4.24. The number of imidazole rings is 2. The number of para-hydroxylation sites is 2. The first-order valence-corrected chi connectivity index (χ1v) is 5.67. The van der Waals surface area contributed by atoms with Crippen LogP contribution in [-0.4, -0.2) is 24.0 Å². The van der Waals surface area contributed by atoms with Crippen LogP contribution in [0, 0.1) is 10.1 Å². The van der Waals surface area contributed by atoms with Crippen molar-refractivity contribution >= 4 is 16.9 Å². The van der Waals surface area contributed by atoms with Gasteiger partial charge in [-0.1, -0.05) is 12.1 Å². The Balaban J connectivity index is 2.25. The number of fused-ring (bicyclic) bond motifs is 1. The molecule has 0 atom stereocenters. The molecule has 3 aromatic rings. The van der Waals surface area contributed by atoms with Crippen LogP contribution in [0.2, 0.25) is 0 Å². The van der Waals surface area contributed by atoms with E-state index in [1.165, 1.54) is 10.8 Å². The van der Waals surface area contributed by atoms with Gasteiger partial charge in [0.25, 0.3) is 5.82 Å². The van der Waals surface area contributed by atoms with Crippen molar-refractivity contribution in [3.05, 3.63) is 40.6 Å². The van der Waals surface area contributed by atoms with Crippen LogP contribution in [-0.2, 0) is 14.1 Å². The smallest absolute Gasteiger partial charge is 0.343 e. The standard InChI is InChI=1S/C12H11N5O2/c1-15-9-6-4-3-5-8(9)14-12(15)11-13-7-10(16(11)2)17(18)19/h3-7H,1-2H3. The average molecular weight is 257 g/mol. The Bertz CT molecular complexity index is 787. The number of hydrogen-bond donors (Lipinski definition) is 0. The van der Waals surface area contributed by atoms with Crippen molar-refractivity contribution < 1.29 is 4.92 Å². The molecule has 0 fully saturated rings. The zero-order valence-electron chi connectivity index (χ0n) is 10.4. The maximum absolute atomic E-state index is 10.8. The van der Waals surface area contributed by atoms with Crippen LogP contribution in [0.1, 0.15) is 0 Å². The Morgan fingerprint density at radius 1 is 1.16 bits per heavy atom. The fraction of sp³-hybridized carbons (Fsp3) is 0.167. The first kappa shape index (κ1) is 11.4. The maximum Gasteiger partial charge on any atom is 0.343 e.